The summed E-state index contributed by atoms with van der Waals surface area (Å²) in [5.41, 5.74) is -1.01. The van der Waals surface area contributed by atoms with Crippen molar-refractivity contribution in [3.05, 3.63) is 34.1 Å². The molecule has 0 aliphatic rings. The number of sulfone groups is 1. The molecule has 0 radical (unpaired) electrons. The number of nitrogens with zero attached hydrogens (tertiary/aromatic N) is 1. The Balaban J connectivity index is 3.31. The number of alkyl halides is 1. The molecule has 1 aromatic rings. The van der Waals surface area contributed by atoms with E-state index in [0.29, 0.717) is 0 Å². The van der Waals surface area contributed by atoms with Crippen LogP contribution < -0.4 is 0 Å². The van der Waals surface area contributed by atoms with Crippen LogP contribution in [-0.2, 0) is 9.84 Å². The third kappa shape index (κ3) is 3.13. The molecule has 0 saturated carbocycles. The molecule has 17 heavy (non-hydrogen) atoms. The average molecular weight is 282 g/mol. The van der Waals surface area contributed by atoms with Crippen molar-refractivity contribution in [1.82, 2.24) is 0 Å². The lowest BCUT2D eigenvalue weighted by atomic mass is 10.3. The van der Waals surface area contributed by atoms with Gasteiger partial charge in [0.1, 0.15) is 4.90 Å². The molecule has 0 aromatic heterocycles. The fraction of sp³-hybridized carbons (Fsp3) is 0.333. The van der Waals surface area contributed by atoms with Gasteiger partial charge >= 0.3 is 5.69 Å². The Morgan fingerprint density at radius 2 is 2.06 bits per heavy atom. The fourth-order valence-corrected chi connectivity index (χ4v) is 3.07. The van der Waals surface area contributed by atoms with Crippen LogP contribution in [0, 0.1) is 15.9 Å². The average Bonchev–Trinajstić information content (AvgIpc) is 2.25. The topological polar surface area (TPSA) is 77.3 Å². The van der Waals surface area contributed by atoms with Crippen LogP contribution in [0.2, 0.25) is 0 Å². The highest BCUT2D eigenvalue weighted by Crippen LogP contribution is 2.27. The van der Waals surface area contributed by atoms with E-state index in [1.165, 1.54) is 0 Å². The first-order valence-electron chi connectivity index (χ1n) is 4.62. The Hall–Kier alpha value is -1.21. The number of nitro groups is 1. The van der Waals surface area contributed by atoms with Gasteiger partial charge in [0.05, 0.1) is 10.7 Å². The van der Waals surface area contributed by atoms with Crippen LogP contribution in [0.3, 0.4) is 0 Å². The second kappa shape index (κ2) is 5.42. The quantitative estimate of drug-likeness (QED) is 0.471. The minimum absolute atomic E-state index is 0.113. The molecule has 0 aliphatic heterocycles. The zero-order chi connectivity index (χ0) is 13.1. The minimum atomic E-state index is -3.89. The van der Waals surface area contributed by atoms with Crippen LogP contribution in [0.15, 0.2) is 23.1 Å². The van der Waals surface area contributed by atoms with E-state index in [-0.39, 0.29) is 18.1 Å². The molecule has 0 atom stereocenters. The molecule has 0 fully saturated rings. The molecule has 0 bridgehead atoms. The van der Waals surface area contributed by atoms with Crippen molar-refractivity contribution in [1.29, 1.82) is 0 Å². The maximum absolute atomic E-state index is 13.2. The number of para-hydroxylation sites is 1. The highest BCUT2D eigenvalue weighted by molar-refractivity contribution is 7.91. The molecule has 5 nitrogen and oxygen atoms in total. The number of nitro benzene ring substituents is 1. The van der Waals surface area contributed by atoms with E-state index in [1.54, 1.807) is 0 Å². The third-order valence-electron chi connectivity index (χ3n) is 2.01. The van der Waals surface area contributed by atoms with Gasteiger partial charge in [0, 0.05) is 5.88 Å². The molecular formula is C9H9ClFNO4S. The number of hydrogen-bond donors (Lipinski definition) is 0. The summed E-state index contributed by atoms with van der Waals surface area (Å²) in [6, 6.07) is 2.99. The Bertz CT molecular complexity index is 532. The number of rotatable bonds is 5. The van der Waals surface area contributed by atoms with Crippen molar-refractivity contribution < 1.29 is 17.7 Å². The second-order valence-electron chi connectivity index (χ2n) is 3.21. The molecule has 0 saturated heterocycles. The van der Waals surface area contributed by atoms with Gasteiger partial charge in [-0.15, -0.1) is 11.6 Å². The molecule has 0 aliphatic carbocycles. The first-order chi connectivity index (χ1) is 7.90. The van der Waals surface area contributed by atoms with Crippen LogP contribution >= 0.6 is 11.6 Å². The van der Waals surface area contributed by atoms with Gasteiger partial charge in [-0.05, 0) is 18.6 Å². The highest BCUT2D eigenvalue weighted by Gasteiger charge is 2.28. The van der Waals surface area contributed by atoms with Gasteiger partial charge in [-0.2, -0.15) is 4.39 Å². The molecule has 94 valence electrons. The highest BCUT2D eigenvalue weighted by atomic mass is 35.5. The largest absolute Gasteiger partial charge is 0.323 e. The smallest absolute Gasteiger partial charge is 0.258 e. The first-order valence-corrected chi connectivity index (χ1v) is 6.80. The van der Waals surface area contributed by atoms with Gasteiger partial charge in [-0.25, -0.2) is 8.42 Å². The maximum atomic E-state index is 13.2. The first kappa shape index (κ1) is 13.9. The molecule has 0 amide bonds. The van der Waals surface area contributed by atoms with E-state index in [2.05, 4.69) is 0 Å². The van der Waals surface area contributed by atoms with Gasteiger partial charge in [0.2, 0.25) is 5.82 Å². The lowest BCUT2D eigenvalue weighted by molar-refractivity contribution is -0.390. The van der Waals surface area contributed by atoms with Crippen molar-refractivity contribution in [2.45, 2.75) is 11.3 Å². The zero-order valence-electron chi connectivity index (χ0n) is 8.60. The maximum Gasteiger partial charge on any atom is 0.323 e. The summed E-state index contributed by atoms with van der Waals surface area (Å²) in [5, 5.41) is 10.6. The lowest BCUT2D eigenvalue weighted by Gasteiger charge is -2.04. The van der Waals surface area contributed by atoms with Crippen molar-refractivity contribution in [3.63, 3.8) is 0 Å². The summed E-state index contributed by atoms with van der Waals surface area (Å²) >= 11 is 5.36. The van der Waals surface area contributed by atoms with Crippen molar-refractivity contribution in [2.24, 2.45) is 0 Å². The molecular weight excluding hydrogens is 273 g/mol. The Kier molecular flexibility index (Phi) is 4.41. The van der Waals surface area contributed by atoms with E-state index in [0.717, 1.165) is 18.2 Å². The summed E-state index contributed by atoms with van der Waals surface area (Å²) in [4.78, 5) is 9.00. The second-order valence-corrected chi connectivity index (χ2v) is 5.66. The number of halogens is 2. The van der Waals surface area contributed by atoms with Crippen LogP contribution in [0.1, 0.15) is 6.42 Å². The molecule has 0 N–H and O–H groups in total. The Morgan fingerprint density at radius 3 is 2.59 bits per heavy atom. The van der Waals surface area contributed by atoms with E-state index >= 15 is 0 Å². The SMILES string of the molecule is O=[N+]([O-])c1c(F)cccc1S(=O)(=O)CCCCl. The van der Waals surface area contributed by atoms with E-state index in [9.17, 15) is 22.9 Å². The van der Waals surface area contributed by atoms with Crippen LogP contribution in [-0.4, -0.2) is 25.0 Å². The van der Waals surface area contributed by atoms with Crippen LogP contribution in [0.25, 0.3) is 0 Å². The summed E-state index contributed by atoms with van der Waals surface area (Å²) in [6.45, 7) is 0. The monoisotopic (exact) mass is 281 g/mol. The van der Waals surface area contributed by atoms with Gasteiger partial charge < -0.3 is 0 Å². The lowest BCUT2D eigenvalue weighted by Crippen LogP contribution is -2.11. The predicted octanol–water partition coefficient (Wildman–Crippen LogP) is 2.14. The Labute approximate surface area is 102 Å². The molecule has 1 aromatic carbocycles. The number of hydrogen-bond acceptors (Lipinski definition) is 4. The molecule has 0 unspecified atom stereocenters. The summed E-state index contributed by atoms with van der Waals surface area (Å²) in [5.74, 6) is -1.40. The Morgan fingerprint density at radius 1 is 1.41 bits per heavy atom. The molecule has 0 heterocycles. The third-order valence-corrected chi connectivity index (χ3v) is 4.11. The fourth-order valence-electron chi connectivity index (χ4n) is 1.28. The molecule has 0 spiro atoms. The van der Waals surface area contributed by atoms with E-state index in [1.807, 2.05) is 0 Å². The van der Waals surface area contributed by atoms with Crippen molar-refractivity contribution >= 4 is 27.1 Å². The van der Waals surface area contributed by atoms with Crippen molar-refractivity contribution in [3.8, 4) is 0 Å². The summed E-state index contributed by atoms with van der Waals surface area (Å²) in [6.07, 6.45) is 0.150. The van der Waals surface area contributed by atoms with Gasteiger partial charge in [0.25, 0.3) is 0 Å². The van der Waals surface area contributed by atoms with Gasteiger partial charge in [-0.1, -0.05) is 6.07 Å². The minimum Gasteiger partial charge on any atom is -0.258 e. The zero-order valence-corrected chi connectivity index (χ0v) is 10.2. The van der Waals surface area contributed by atoms with Crippen molar-refractivity contribution in [2.75, 3.05) is 11.6 Å². The van der Waals surface area contributed by atoms with Crippen LogP contribution in [0.5, 0.6) is 0 Å². The molecule has 1 rings (SSSR count). The van der Waals surface area contributed by atoms with E-state index in [4.69, 9.17) is 11.6 Å². The van der Waals surface area contributed by atoms with Gasteiger partial charge in [-0.3, -0.25) is 10.1 Å². The standard InChI is InChI=1S/C9H9ClFNO4S/c10-5-2-6-17(15,16)8-4-1-3-7(11)9(8)12(13)14/h1,3-4H,2,5-6H2. The summed E-state index contributed by atoms with van der Waals surface area (Å²) < 4.78 is 36.7. The summed E-state index contributed by atoms with van der Waals surface area (Å²) in [7, 11) is -3.89. The normalized spacial score (nSPS) is 11.4. The molecule has 8 heteroatoms. The van der Waals surface area contributed by atoms with E-state index < -0.39 is 31.2 Å². The number of benzene rings is 1. The van der Waals surface area contributed by atoms with Crippen LogP contribution in [0.4, 0.5) is 10.1 Å². The predicted molar refractivity (Wildman–Crippen MR) is 60.4 cm³/mol. The van der Waals surface area contributed by atoms with Gasteiger partial charge in [0.15, 0.2) is 9.84 Å².